The van der Waals surface area contributed by atoms with Crippen LogP contribution in [0.5, 0.6) is 0 Å². The maximum absolute atomic E-state index is 12.1. The maximum atomic E-state index is 12.1. The molecule has 1 heterocycles. The Morgan fingerprint density at radius 1 is 1.43 bits per heavy atom. The zero-order valence-electron chi connectivity index (χ0n) is 13.2. The SMILES string of the molecule is C[C@]1(NC(=O)C[C@@H](N)CCCCN)CN=C(NC(N)=O)NC1=O. The first kappa shape index (κ1) is 18.8. The fraction of sp³-hybridized carbons (Fsp3) is 0.692. The summed E-state index contributed by atoms with van der Waals surface area (Å²) < 4.78 is 0. The van der Waals surface area contributed by atoms with Gasteiger partial charge in [0.25, 0.3) is 5.91 Å². The Hall–Kier alpha value is -2.20. The molecule has 10 heteroatoms. The van der Waals surface area contributed by atoms with Gasteiger partial charge in [-0.2, -0.15) is 0 Å². The minimum atomic E-state index is -1.20. The number of hydrogen-bond donors (Lipinski definition) is 6. The molecule has 1 rings (SSSR count). The van der Waals surface area contributed by atoms with Gasteiger partial charge in [0.05, 0.1) is 6.54 Å². The molecule has 0 aliphatic carbocycles. The molecule has 9 N–H and O–H groups in total. The van der Waals surface area contributed by atoms with E-state index < -0.39 is 17.5 Å². The Balaban J connectivity index is 2.52. The van der Waals surface area contributed by atoms with E-state index in [9.17, 15) is 14.4 Å². The molecule has 130 valence electrons. The molecule has 0 spiro atoms. The van der Waals surface area contributed by atoms with Crippen molar-refractivity contribution in [1.29, 1.82) is 0 Å². The number of carbonyl (C=O) groups is 3. The van der Waals surface area contributed by atoms with Gasteiger partial charge in [0, 0.05) is 12.5 Å². The maximum Gasteiger partial charge on any atom is 0.318 e. The van der Waals surface area contributed by atoms with Crippen LogP contribution in [0.1, 0.15) is 32.6 Å². The van der Waals surface area contributed by atoms with Crippen molar-refractivity contribution >= 4 is 23.8 Å². The van der Waals surface area contributed by atoms with Crippen LogP contribution in [0, 0.1) is 0 Å². The summed E-state index contributed by atoms with van der Waals surface area (Å²) in [5.74, 6) is -0.849. The highest BCUT2D eigenvalue weighted by molar-refractivity contribution is 6.08. The van der Waals surface area contributed by atoms with Crippen molar-refractivity contribution in [1.82, 2.24) is 16.0 Å². The van der Waals surface area contributed by atoms with Gasteiger partial charge in [0.2, 0.25) is 11.9 Å². The lowest BCUT2D eigenvalue weighted by molar-refractivity contribution is -0.132. The molecule has 4 amide bonds. The van der Waals surface area contributed by atoms with Crippen molar-refractivity contribution in [2.45, 2.75) is 44.2 Å². The standard InChI is InChI=1S/C13H25N7O3/c1-13(7-17-12(18-10(13)22)19-11(16)23)20-9(21)6-8(15)4-2-3-5-14/h8H,2-7,14-15H2,1H3,(H,20,21)(H4,16,17,18,19,22,23)/t8-,13-/m0/s1. The summed E-state index contributed by atoms with van der Waals surface area (Å²) in [6.07, 6.45) is 2.52. The van der Waals surface area contributed by atoms with Crippen molar-refractivity contribution in [3.63, 3.8) is 0 Å². The zero-order valence-corrected chi connectivity index (χ0v) is 13.2. The lowest BCUT2D eigenvalue weighted by Crippen LogP contribution is -2.65. The zero-order chi connectivity index (χ0) is 17.5. The van der Waals surface area contributed by atoms with Crippen molar-refractivity contribution < 1.29 is 14.4 Å². The Morgan fingerprint density at radius 2 is 2.13 bits per heavy atom. The van der Waals surface area contributed by atoms with Crippen LogP contribution in [0.25, 0.3) is 0 Å². The summed E-state index contributed by atoms with van der Waals surface area (Å²) in [6, 6.07) is -1.12. The van der Waals surface area contributed by atoms with E-state index in [-0.39, 0.29) is 30.9 Å². The molecule has 0 saturated carbocycles. The van der Waals surface area contributed by atoms with Gasteiger partial charge in [-0.05, 0) is 26.3 Å². The second-order valence-electron chi connectivity index (χ2n) is 5.74. The Labute approximate surface area is 134 Å². The molecule has 23 heavy (non-hydrogen) atoms. The van der Waals surface area contributed by atoms with Gasteiger partial charge in [-0.25, -0.2) is 9.79 Å². The normalized spacial score (nSPS) is 21.9. The summed E-state index contributed by atoms with van der Waals surface area (Å²) in [5, 5.41) is 7.19. The van der Waals surface area contributed by atoms with E-state index >= 15 is 0 Å². The highest BCUT2D eigenvalue weighted by atomic mass is 16.2. The van der Waals surface area contributed by atoms with E-state index in [1.165, 1.54) is 0 Å². The number of rotatable bonds is 7. The first-order chi connectivity index (χ1) is 10.8. The number of aliphatic imine (C=N–C) groups is 1. The van der Waals surface area contributed by atoms with Gasteiger partial charge < -0.3 is 22.5 Å². The molecule has 2 atom stereocenters. The van der Waals surface area contributed by atoms with E-state index in [1.54, 1.807) is 6.92 Å². The lowest BCUT2D eigenvalue weighted by atomic mass is 9.99. The average Bonchev–Trinajstić information content (AvgIpc) is 2.43. The summed E-state index contributed by atoms with van der Waals surface area (Å²) in [4.78, 5) is 38.8. The first-order valence-corrected chi connectivity index (χ1v) is 7.46. The van der Waals surface area contributed by atoms with Crippen LogP contribution in [0.3, 0.4) is 0 Å². The van der Waals surface area contributed by atoms with Crippen LogP contribution < -0.4 is 33.2 Å². The third kappa shape index (κ3) is 6.20. The van der Waals surface area contributed by atoms with Crippen molar-refractivity contribution in [2.75, 3.05) is 13.1 Å². The number of amides is 4. The highest BCUT2D eigenvalue weighted by Crippen LogP contribution is 2.10. The third-order valence-electron chi connectivity index (χ3n) is 3.42. The Kier molecular flexibility index (Phi) is 6.91. The largest absolute Gasteiger partial charge is 0.351 e. The predicted octanol–water partition coefficient (Wildman–Crippen LogP) is -2.14. The van der Waals surface area contributed by atoms with E-state index in [2.05, 4.69) is 20.9 Å². The van der Waals surface area contributed by atoms with E-state index in [0.717, 1.165) is 12.8 Å². The first-order valence-electron chi connectivity index (χ1n) is 7.46. The second-order valence-corrected chi connectivity index (χ2v) is 5.74. The minimum Gasteiger partial charge on any atom is -0.351 e. The van der Waals surface area contributed by atoms with E-state index in [1.807, 2.05) is 0 Å². The molecule has 0 unspecified atom stereocenters. The summed E-state index contributed by atoms with van der Waals surface area (Å²) in [5.41, 5.74) is 15.0. The molecule has 0 aromatic carbocycles. The lowest BCUT2D eigenvalue weighted by Gasteiger charge is -2.32. The van der Waals surface area contributed by atoms with Gasteiger partial charge >= 0.3 is 6.03 Å². The summed E-state index contributed by atoms with van der Waals surface area (Å²) >= 11 is 0. The van der Waals surface area contributed by atoms with Gasteiger partial charge in [-0.15, -0.1) is 0 Å². The van der Waals surface area contributed by atoms with Crippen LogP contribution in [0.4, 0.5) is 4.79 Å². The van der Waals surface area contributed by atoms with Crippen molar-refractivity contribution in [2.24, 2.45) is 22.2 Å². The number of guanidine groups is 1. The summed E-state index contributed by atoms with van der Waals surface area (Å²) in [7, 11) is 0. The Morgan fingerprint density at radius 3 is 2.70 bits per heavy atom. The molecule has 1 aliphatic heterocycles. The number of nitrogens with two attached hydrogens (primary N) is 3. The molecule has 0 fully saturated rings. The number of hydrogen-bond acceptors (Lipinski definition) is 6. The second kappa shape index (κ2) is 8.44. The molecule has 10 nitrogen and oxygen atoms in total. The molecular formula is C13H25N7O3. The number of primary amides is 1. The van der Waals surface area contributed by atoms with Crippen molar-refractivity contribution in [3.05, 3.63) is 0 Å². The topological polar surface area (TPSA) is 178 Å². The third-order valence-corrected chi connectivity index (χ3v) is 3.42. The highest BCUT2D eigenvalue weighted by Gasteiger charge is 2.38. The quantitative estimate of drug-likeness (QED) is 0.292. The van der Waals surface area contributed by atoms with Crippen LogP contribution in [-0.4, -0.2) is 48.5 Å². The fourth-order valence-corrected chi connectivity index (χ4v) is 2.13. The molecule has 0 saturated heterocycles. The molecule has 0 aromatic heterocycles. The molecule has 0 bridgehead atoms. The predicted molar refractivity (Wildman–Crippen MR) is 85.2 cm³/mol. The fourth-order valence-electron chi connectivity index (χ4n) is 2.13. The van der Waals surface area contributed by atoms with E-state index in [4.69, 9.17) is 17.2 Å². The Bertz CT molecular complexity index is 494. The molecule has 0 aromatic rings. The minimum absolute atomic E-state index is 0.0113. The molecular weight excluding hydrogens is 302 g/mol. The van der Waals surface area contributed by atoms with Gasteiger partial charge in [-0.3, -0.25) is 20.2 Å². The van der Waals surface area contributed by atoms with Crippen LogP contribution in [0.15, 0.2) is 4.99 Å². The molecule has 1 aliphatic rings. The summed E-state index contributed by atoms with van der Waals surface area (Å²) in [6.45, 7) is 2.13. The number of urea groups is 1. The van der Waals surface area contributed by atoms with E-state index in [0.29, 0.717) is 13.0 Å². The number of nitrogens with one attached hydrogen (secondary N) is 3. The smallest absolute Gasteiger partial charge is 0.318 e. The van der Waals surface area contributed by atoms with Crippen LogP contribution in [0.2, 0.25) is 0 Å². The molecule has 0 radical (unpaired) electrons. The van der Waals surface area contributed by atoms with Crippen LogP contribution >= 0.6 is 0 Å². The number of carbonyl (C=O) groups excluding carboxylic acids is 3. The van der Waals surface area contributed by atoms with Gasteiger partial charge in [-0.1, -0.05) is 6.42 Å². The monoisotopic (exact) mass is 327 g/mol. The van der Waals surface area contributed by atoms with Crippen molar-refractivity contribution in [3.8, 4) is 0 Å². The van der Waals surface area contributed by atoms with Gasteiger partial charge in [0.1, 0.15) is 5.54 Å². The average molecular weight is 327 g/mol. The number of nitrogens with zero attached hydrogens (tertiary/aromatic N) is 1. The van der Waals surface area contributed by atoms with Crippen LogP contribution in [-0.2, 0) is 9.59 Å². The number of unbranched alkanes of at least 4 members (excludes halogenated alkanes) is 1. The van der Waals surface area contributed by atoms with Gasteiger partial charge in [0.15, 0.2) is 0 Å².